The maximum atomic E-state index is 14.1. The second-order valence-electron chi connectivity index (χ2n) is 9.19. The zero-order valence-corrected chi connectivity index (χ0v) is 23.9. The molecule has 0 aliphatic carbocycles. The molecule has 6 nitrogen and oxygen atoms in total. The summed E-state index contributed by atoms with van der Waals surface area (Å²) in [4.78, 5) is 0.0927. The molecule has 208 valence electrons. The molecule has 0 radical (unpaired) electrons. The van der Waals surface area contributed by atoms with Crippen LogP contribution in [0, 0.1) is 0 Å². The predicted molar refractivity (Wildman–Crippen MR) is 160 cm³/mol. The number of ether oxygens (including phenoxy) is 3. The van der Waals surface area contributed by atoms with Crippen LogP contribution in [0.2, 0.25) is 5.02 Å². The molecule has 41 heavy (non-hydrogen) atoms. The molecule has 1 N–H and O–H groups in total. The highest BCUT2D eigenvalue weighted by Gasteiger charge is 2.26. The molecule has 0 fully saturated rings. The maximum Gasteiger partial charge on any atom is 0.207 e. The molecule has 0 saturated heterocycles. The molecule has 0 atom stereocenters. The Morgan fingerprint density at radius 1 is 0.707 bits per heavy atom. The Bertz CT molecular complexity index is 1770. The van der Waals surface area contributed by atoms with Gasteiger partial charge in [0.05, 0.1) is 24.0 Å². The third-order valence-electron chi connectivity index (χ3n) is 6.64. The number of hydrogen-bond acceptors (Lipinski definition) is 6. The zero-order chi connectivity index (χ0) is 29.0. The Morgan fingerprint density at radius 2 is 1.32 bits per heavy atom. The lowest BCUT2D eigenvalue weighted by Crippen LogP contribution is -2.06. The average molecular weight is 587 g/mol. The van der Waals surface area contributed by atoms with Crippen LogP contribution in [0.3, 0.4) is 0 Å². The van der Waals surface area contributed by atoms with Gasteiger partial charge in [-0.2, -0.15) is 0 Å². The number of phenols is 1. The van der Waals surface area contributed by atoms with Crippen molar-refractivity contribution in [3.63, 3.8) is 0 Å². The molecule has 0 saturated carbocycles. The van der Waals surface area contributed by atoms with Gasteiger partial charge in [0, 0.05) is 21.7 Å². The summed E-state index contributed by atoms with van der Waals surface area (Å²) in [6, 6.07) is 30.7. The third-order valence-corrected chi connectivity index (χ3v) is 8.78. The third kappa shape index (κ3) is 6.01. The number of rotatable bonds is 9. The number of phenolic OH excluding ortho intramolecular Hbond substituents is 1. The van der Waals surface area contributed by atoms with Crippen LogP contribution in [0.15, 0.2) is 119 Å². The van der Waals surface area contributed by atoms with Crippen molar-refractivity contribution >= 4 is 21.4 Å². The summed E-state index contributed by atoms with van der Waals surface area (Å²) in [6.07, 6.45) is 0. The molecule has 0 aliphatic heterocycles. The highest BCUT2D eigenvalue weighted by Crippen LogP contribution is 2.43. The Kier molecular flexibility index (Phi) is 8.19. The number of hydrogen-bond donors (Lipinski definition) is 1. The Hall–Kier alpha value is -4.46. The summed E-state index contributed by atoms with van der Waals surface area (Å²) < 4.78 is 45.1. The van der Waals surface area contributed by atoms with Crippen LogP contribution in [0.1, 0.15) is 5.56 Å². The molecule has 0 heterocycles. The number of benzene rings is 5. The summed E-state index contributed by atoms with van der Waals surface area (Å²) in [5, 5.41) is 10.2. The second-order valence-corrected chi connectivity index (χ2v) is 11.5. The van der Waals surface area contributed by atoms with Crippen molar-refractivity contribution < 1.29 is 27.7 Å². The molecule has 0 aliphatic rings. The lowest BCUT2D eigenvalue weighted by Gasteiger charge is -2.19. The standard InChI is InChI=1S/C33H27ClO6S/c1-38-25-13-7-22(8-14-25)21-40-32-19-30(28-5-3-4-6-31(28)34)33(41(36,37)27-17-11-24(35)12-18-27)20-29(32)23-9-15-26(39-2)16-10-23/h3-20,35H,21H2,1-2H3. The average Bonchev–Trinajstić information content (AvgIpc) is 3.00. The first-order valence-corrected chi connectivity index (χ1v) is 14.5. The van der Waals surface area contributed by atoms with Gasteiger partial charge in [-0.15, -0.1) is 0 Å². The fourth-order valence-corrected chi connectivity index (χ4v) is 6.14. The first-order chi connectivity index (χ1) is 19.8. The summed E-state index contributed by atoms with van der Waals surface area (Å²) >= 11 is 6.60. The van der Waals surface area contributed by atoms with Crippen LogP contribution in [-0.2, 0) is 16.4 Å². The summed E-state index contributed by atoms with van der Waals surface area (Å²) in [5.74, 6) is 1.85. The topological polar surface area (TPSA) is 82.1 Å². The maximum absolute atomic E-state index is 14.1. The predicted octanol–water partition coefficient (Wildman–Crippen LogP) is 7.81. The number of methoxy groups -OCH3 is 2. The zero-order valence-electron chi connectivity index (χ0n) is 22.4. The van der Waals surface area contributed by atoms with Crippen LogP contribution in [0.4, 0.5) is 0 Å². The van der Waals surface area contributed by atoms with Gasteiger partial charge < -0.3 is 19.3 Å². The van der Waals surface area contributed by atoms with Crippen molar-refractivity contribution in [3.8, 4) is 45.3 Å². The van der Waals surface area contributed by atoms with Gasteiger partial charge in [-0.3, -0.25) is 0 Å². The van der Waals surface area contributed by atoms with Crippen molar-refractivity contribution in [1.29, 1.82) is 0 Å². The summed E-state index contributed by atoms with van der Waals surface area (Å²) in [5.41, 5.74) is 3.16. The Balaban J connectivity index is 1.72. The molecular formula is C33H27ClO6S. The van der Waals surface area contributed by atoms with Gasteiger partial charge in [0.2, 0.25) is 9.84 Å². The first-order valence-electron chi connectivity index (χ1n) is 12.7. The molecule has 5 rings (SSSR count). The van der Waals surface area contributed by atoms with Crippen LogP contribution in [0.5, 0.6) is 23.0 Å². The van der Waals surface area contributed by atoms with E-state index in [1.165, 1.54) is 24.3 Å². The molecule has 0 bridgehead atoms. The van der Waals surface area contributed by atoms with Gasteiger partial charge in [-0.05, 0) is 77.9 Å². The van der Waals surface area contributed by atoms with Crippen molar-refractivity contribution in [2.24, 2.45) is 0 Å². The fraction of sp³-hybridized carbons (Fsp3) is 0.0909. The van der Waals surface area contributed by atoms with E-state index in [0.29, 0.717) is 33.2 Å². The van der Waals surface area contributed by atoms with Crippen molar-refractivity contribution in [2.75, 3.05) is 14.2 Å². The van der Waals surface area contributed by atoms with E-state index >= 15 is 0 Å². The van der Waals surface area contributed by atoms with Crippen molar-refractivity contribution in [2.45, 2.75) is 16.4 Å². The Morgan fingerprint density at radius 3 is 1.93 bits per heavy atom. The highest BCUT2D eigenvalue weighted by molar-refractivity contribution is 7.91. The van der Waals surface area contributed by atoms with Crippen LogP contribution in [-0.4, -0.2) is 27.7 Å². The van der Waals surface area contributed by atoms with E-state index in [9.17, 15) is 13.5 Å². The highest BCUT2D eigenvalue weighted by atomic mass is 35.5. The lowest BCUT2D eigenvalue weighted by molar-refractivity contribution is 0.307. The van der Waals surface area contributed by atoms with Gasteiger partial charge in [-0.1, -0.05) is 54.1 Å². The van der Waals surface area contributed by atoms with Crippen molar-refractivity contribution in [3.05, 3.63) is 120 Å². The molecule has 0 unspecified atom stereocenters. The molecular weight excluding hydrogens is 560 g/mol. The monoisotopic (exact) mass is 586 g/mol. The van der Waals surface area contributed by atoms with Gasteiger partial charge in [0.1, 0.15) is 29.6 Å². The number of sulfone groups is 1. The van der Waals surface area contributed by atoms with Gasteiger partial charge in [-0.25, -0.2) is 8.42 Å². The second kappa shape index (κ2) is 12.0. The van der Waals surface area contributed by atoms with E-state index in [-0.39, 0.29) is 22.1 Å². The smallest absolute Gasteiger partial charge is 0.207 e. The normalized spacial score (nSPS) is 11.2. The molecule has 0 amide bonds. The number of aromatic hydroxyl groups is 1. The minimum atomic E-state index is -4.05. The van der Waals surface area contributed by atoms with Gasteiger partial charge in [0.15, 0.2) is 0 Å². The van der Waals surface area contributed by atoms with Crippen LogP contribution >= 0.6 is 11.6 Å². The largest absolute Gasteiger partial charge is 0.508 e. The van der Waals surface area contributed by atoms with Gasteiger partial charge in [0.25, 0.3) is 0 Å². The molecule has 0 aromatic heterocycles. The number of halogens is 1. The molecule has 5 aromatic carbocycles. The van der Waals surface area contributed by atoms with E-state index in [1.54, 1.807) is 62.8 Å². The van der Waals surface area contributed by atoms with E-state index in [2.05, 4.69) is 0 Å². The summed E-state index contributed by atoms with van der Waals surface area (Å²) in [6.45, 7) is 0.235. The van der Waals surface area contributed by atoms with E-state index in [1.807, 2.05) is 36.4 Å². The molecule has 5 aromatic rings. The van der Waals surface area contributed by atoms with E-state index < -0.39 is 9.84 Å². The minimum absolute atomic E-state index is 0.0310. The molecule has 0 spiro atoms. The fourth-order valence-electron chi connectivity index (χ4n) is 4.42. The first kappa shape index (κ1) is 28.1. The lowest BCUT2D eigenvalue weighted by atomic mass is 9.98. The quantitative estimate of drug-likeness (QED) is 0.190. The van der Waals surface area contributed by atoms with E-state index in [4.69, 9.17) is 25.8 Å². The van der Waals surface area contributed by atoms with Crippen LogP contribution < -0.4 is 14.2 Å². The Labute approximate surface area is 244 Å². The van der Waals surface area contributed by atoms with Crippen LogP contribution in [0.25, 0.3) is 22.3 Å². The van der Waals surface area contributed by atoms with Gasteiger partial charge >= 0.3 is 0 Å². The molecule has 8 heteroatoms. The SMILES string of the molecule is COc1ccc(COc2cc(-c3ccccc3Cl)c(S(=O)(=O)c3ccc(O)cc3)cc2-c2ccc(OC)cc2)cc1. The van der Waals surface area contributed by atoms with Crippen molar-refractivity contribution in [1.82, 2.24) is 0 Å². The minimum Gasteiger partial charge on any atom is -0.508 e. The van der Waals surface area contributed by atoms with E-state index in [0.717, 1.165) is 16.9 Å². The summed E-state index contributed by atoms with van der Waals surface area (Å²) in [7, 11) is -0.860.